The van der Waals surface area contributed by atoms with Crippen molar-refractivity contribution in [2.24, 2.45) is 11.8 Å². The highest BCUT2D eigenvalue weighted by Crippen LogP contribution is 2.14. The van der Waals surface area contributed by atoms with E-state index in [-0.39, 0.29) is 18.4 Å². The van der Waals surface area contributed by atoms with E-state index in [4.69, 9.17) is 5.11 Å². The number of likely N-dealkylation sites (tertiary alicyclic amines) is 1. The van der Waals surface area contributed by atoms with Crippen LogP contribution in [0.15, 0.2) is 0 Å². The molecule has 92 valence electrons. The van der Waals surface area contributed by atoms with E-state index >= 15 is 0 Å². The molecule has 2 N–H and O–H groups in total. The van der Waals surface area contributed by atoms with Gasteiger partial charge in [0.05, 0.1) is 11.8 Å². The first kappa shape index (κ1) is 13.0. The van der Waals surface area contributed by atoms with Gasteiger partial charge in [-0.2, -0.15) is 0 Å². The Kier molecular flexibility index (Phi) is 4.73. The van der Waals surface area contributed by atoms with Crippen LogP contribution in [-0.4, -0.2) is 48.6 Å². The van der Waals surface area contributed by atoms with Gasteiger partial charge in [-0.15, -0.1) is 0 Å². The fourth-order valence-corrected chi connectivity index (χ4v) is 1.92. The summed E-state index contributed by atoms with van der Waals surface area (Å²) in [5.41, 5.74) is 0. The lowest BCUT2D eigenvalue weighted by atomic mass is 10.1. The molecule has 1 heterocycles. The summed E-state index contributed by atoms with van der Waals surface area (Å²) < 4.78 is 0. The molecule has 1 fully saturated rings. The Balaban J connectivity index is 2.32. The molecule has 2 unspecified atom stereocenters. The van der Waals surface area contributed by atoms with E-state index in [0.29, 0.717) is 6.42 Å². The molecule has 1 aliphatic rings. The van der Waals surface area contributed by atoms with Gasteiger partial charge < -0.3 is 15.3 Å². The van der Waals surface area contributed by atoms with Gasteiger partial charge in [0.15, 0.2) is 0 Å². The zero-order chi connectivity index (χ0) is 12.1. The molecule has 0 saturated carbocycles. The molecule has 0 bridgehead atoms. The number of nitrogens with one attached hydrogen (secondary N) is 1. The molecular weight excluding hydrogens is 208 g/mol. The van der Waals surface area contributed by atoms with Gasteiger partial charge in [-0.05, 0) is 26.4 Å². The summed E-state index contributed by atoms with van der Waals surface area (Å²) in [5, 5.41) is 11.6. The standard InChI is InChI=1S/C11H20N2O3/c1-3-8(11(15)16)6-12-10(14)9-4-5-13(2)7-9/h8-9H,3-7H2,1-2H3,(H,12,14)(H,15,16). The fraction of sp³-hybridized carbons (Fsp3) is 0.818. The van der Waals surface area contributed by atoms with E-state index in [1.54, 1.807) is 0 Å². The molecule has 1 aliphatic heterocycles. The van der Waals surface area contributed by atoms with E-state index in [0.717, 1.165) is 19.5 Å². The molecule has 1 rings (SSSR count). The SMILES string of the molecule is CCC(CNC(=O)C1CCN(C)C1)C(=O)O. The van der Waals surface area contributed by atoms with Gasteiger partial charge in [0.1, 0.15) is 0 Å². The molecule has 0 aliphatic carbocycles. The highest BCUT2D eigenvalue weighted by atomic mass is 16.4. The maximum absolute atomic E-state index is 11.7. The van der Waals surface area contributed by atoms with Crippen LogP contribution in [0.1, 0.15) is 19.8 Å². The number of rotatable bonds is 5. The van der Waals surface area contributed by atoms with Crippen LogP contribution >= 0.6 is 0 Å². The van der Waals surface area contributed by atoms with E-state index in [1.165, 1.54) is 0 Å². The lowest BCUT2D eigenvalue weighted by Gasteiger charge is -2.14. The Hall–Kier alpha value is -1.10. The summed E-state index contributed by atoms with van der Waals surface area (Å²) in [7, 11) is 1.99. The summed E-state index contributed by atoms with van der Waals surface area (Å²) >= 11 is 0. The number of amides is 1. The van der Waals surface area contributed by atoms with Crippen molar-refractivity contribution in [2.75, 3.05) is 26.7 Å². The molecule has 0 aromatic heterocycles. The molecule has 5 nitrogen and oxygen atoms in total. The molecule has 0 spiro atoms. The fourth-order valence-electron chi connectivity index (χ4n) is 1.92. The molecule has 1 amide bonds. The second kappa shape index (κ2) is 5.84. The monoisotopic (exact) mass is 228 g/mol. The quantitative estimate of drug-likeness (QED) is 0.703. The summed E-state index contributed by atoms with van der Waals surface area (Å²) in [4.78, 5) is 24.6. The predicted octanol–water partition coefficient (Wildman–Crippen LogP) is 0.165. The number of aliphatic carboxylic acids is 1. The molecule has 1 saturated heterocycles. The molecule has 0 radical (unpaired) electrons. The van der Waals surface area contributed by atoms with Crippen LogP contribution in [0, 0.1) is 11.8 Å². The first-order valence-corrected chi connectivity index (χ1v) is 5.73. The first-order valence-electron chi connectivity index (χ1n) is 5.73. The van der Waals surface area contributed by atoms with Gasteiger partial charge in [0.25, 0.3) is 0 Å². The third-order valence-corrected chi connectivity index (χ3v) is 3.13. The van der Waals surface area contributed by atoms with Crippen LogP contribution in [0.3, 0.4) is 0 Å². The van der Waals surface area contributed by atoms with Crippen molar-refractivity contribution < 1.29 is 14.7 Å². The molecule has 2 atom stereocenters. The minimum absolute atomic E-state index is 0.0101. The topological polar surface area (TPSA) is 69.6 Å². The van der Waals surface area contributed by atoms with Gasteiger partial charge in [0, 0.05) is 13.1 Å². The minimum atomic E-state index is -0.841. The highest BCUT2D eigenvalue weighted by Gasteiger charge is 2.26. The zero-order valence-electron chi connectivity index (χ0n) is 9.90. The lowest BCUT2D eigenvalue weighted by Crippen LogP contribution is -2.37. The van der Waals surface area contributed by atoms with Gasteiger partial charge in [-0.1, -0.05) is 6.92 Å². The number of nitrogens with zero attached hydrogens (tertiary/aromatic N) is 1. The Morgan fingerprint density at radius 3 is 2.69 bits per heavy atom. The second-order valence-corrected chi connectivity index (χ2v) is 4.44. The minimum Gasteiger partial charge on any atom is -0.481 e. The van der Waals surface area contributed by atoms with Gasteiger partial charge >= 0.3 is 5.97 Å². The van der Waals surface area contributed by atoms with Gasteiger partial charge in [-0.3, -0.25) is 9.59 Å². The van der Waals surface area contributed by atoms with Crippen molar-refractivity contribution >= 4 is 11.9 Å². The van der Waals surface area contributed by atoms with Crippen molar-refractivity contribution in [3.63, 3.8) is 0 Å². The summed E-state index contributed by atoms with van der Waals surface area (Å²) in [6.07, 6.45) is 1.41. The summed E-state index contributed by atoms with van der Waals surface area (Å²) in [6, 6.07) is 0. The maximum Gasteiger partial charge on any atom is 0.308 e. The van der Waals surface area contributed by atoms with Crippen LogP contribution in [0.4, 0.5) is 0 Å². The van der Waals surface area contributed by atoms with E-state index in [1.807, 2.05) is 14.0 Å². The van der Waals surface area contributed by atoms with E-state index < -0.39 is 11.9 Å². The maximum atomic E-state index is 11.7. The van der Waals surface area contributed by atoms with Crippen molar-refractivity contribution in [2.45, 2.75) is 19.8 Å². The number of hydrogen-bond donors (Lipinski definition) is 2. The number of carboxylic acid groups (broad SMARTS) is 1. The van der Waals surface area contributed by atoms with Crippen LogP contribution < -0.4 is 5.32 Å². The average Bonchev–Trinajstić information content (AvgIpc) is 2.65. The first-order chi connectivity index (χ1) is 7.54. The number of carbonyl (C=O) groups is 2. The Bertz CT molecular complexity index is 268. The Morgan fingerprint density at radius 1 is 1.56 bits per heavy atom. The normalized spacial score (nSPS) is 23.0. The van der Waals surface area contributed by atoms with Crippen molar-refractivity contribution in [1.82, 2.24) is 10.2 Å². The Labute approximate surface area is 95.8 Å². The molecule has 0 aromatic rings. The molecular formula is C11H20N2O3. The van der Waals surface area contributed by atoms with E-state index in [2.05, 4.69) is 10.2 Å². The van der Waals surface area contributed by atoms with Crippen molar-refractivity contribution in [3.8, 4) is 0 Å². The smallest absolute Gasteiger partial charge is 0.308 e. The predicted molar refractivity (Wildman–Crippen MR) is 60.0 cm³/mol. The van der Waals surface area contributed by atoms with E-state index in [9.17, 15) is 9.59 Å². The largest absolute Gasteiger partial charge is 0.481 e. The van der Waals surface area contributed by atoms with Crippen molar-refractivity contribution in [1.29, 1.82) is 0 Å². The van der Waals surface area contributed by atoms with Gasteiger partial charge in [0.2, 0.25) is 5.91 Å². The van der Waals surface area contributed by atoms with Crippen molar-refractivity contribution in [3.05, 3.63) is 0 Å². The molecule has 0 aromatic carbocycles. The summed E-state index contributed by atoms with van der Waals surface area (Å²) in [6.45, 7) is 3.77. The number of carboxylic acids is 1. The highest BCUT2D eigenvalue weighted by molar-refractivity contribution is 5.80. The molecule has 16 heavy (non-hydrogen) atoms. The second-order valence-electron chi connectivity index (χ2n) is 4.44. The van der Waals surface area contributed by atoms with Crippen LogP contribution in [-0.2, 0) is 9.59 Å². The average molecular weight is 228 g/mol. The number of hydrogen-bond acceptors (Lipinski definition) is 3. The third-order valence-electron chi connectivity index (χ3n) is 3.13. The third kappa shape index (κ3) is 3.48. The number of carbonyl (C=O) groups excluding carboxylic acids is 1. The molecule has 5 heteroatoms. The zero-order valence-corrected chi connectivity index (χ0v) is 9.90. The summed E-state index contributed by atoms with van der Waals surface area (Å²) in [5.74, 6) is -1.30. The van der Waals surface area contributed by atoms with Crippen LogP contribution in [0.2, 0.25) is 0 Å². The van der Waals surface area contributed by atoms with Crippen LogP contribution in [0.5, 0.6) is 0 Å². The lowest BCUT2D eigenvalue weighted by molar-refractivity contribution is -0.141. The van der Waals surface area contributed by atoms with Crippen LogP contribution in [0.25, 0.3) is 0 Å². The Morgan fingerprint density at radius 2 is 2.25 bits per heavy atom. The van der Waals surface area contributed by atoms with Gasteiger partial charge in [-0.25, -0.2) is 0 Å².